The molecule has 0 spiro atoms. The largest absolute Gasteiger partial charge is 0.462 e. The molecule has 0 aliphatic heterocycles. The van der Waals surface area contributed by atoms with Crippen LogP contribution in [0.3, 0.4) is 0 Å². The van der Waals surface area contributed by atoms with Crippen molar-refractivity contribution in [2.24, 2.45) is 5.92 Å². The van der Waals surface area contributed by atoms with Crippen molar-refractivity contribution < 1.29 is 23.9 Å². The molecule has 0 N–H and O–H groups in total. The number of hydrogen-bond donors (Lipinski definition) is 0. The molecule has 0 heterocycles. The number of rotatable bonds is 6. The Labute approximate surface area is 140 Å². The van der Waals surface area contributed by atoms with E-state index in [2.05, 4.69) is 0 Å². The first kappa shape index (κ1) is 17.4. The molecule has 0 saturated carbocycles. The van der Waals surface area contributed by atoms with Crippen LogP contribution in [0.15, 0.2) is 60.7 Å². The van der Waals surface area contributed by atoms with Gasteiger partial charge in [0, 0.05) is 5.92 Å². The lowest BCUT2D eigenvalue weighted by atomic mass is 10.1. The molecule has 5 nitrogen and oxygen atoms in total. The van der Waals surface area contributed by atoms with Crippen LogP contribution in [0.25, 0.3) is 0 Å². The normalized spacial score (nSPS) is 11.4. The highest BCUT2D eigenvalue weighted by Gasteiger charge is 2.17. The molecule has 5 heteroatoms. The Balaban J connectivity index is 1.75. The minimum absolute atomic E-state index is 0.0133. The van der Waals surface area contributed by atoms with Gasteiger partial charge in [-0.05, 0) is 24.3 Å². The molecule has 1 unspecified atom stereocenters. The summed E-state index contributed by atoms with van der Waals surface area (Å²) >= 11 is 0. The van der Waals surface area contributed by atoms with E-state index < -0.39 is 17.9 Å². The van der Waals surface area contributed by atoms with Crippen LogP contribution in [0.2, 0.25) is 0 Å². The van der Waals surface area contributed by atoms with Crippen molar-refractivity contribution in [2.75, 3.05) is 6.61 Å². The number of hydrogen-bond acceptors (Lipinski definition) is 5. The van der Waals surface area contributed by atoms with Crippen LogP contribution in [0.1, 0.15) is 34.1 Å². The molecule has 2 rings (SSSR count). The second-order valence-corrected chi connectivity index (χ2v) is 5.40. The highest BCUT2D eigenvalue weighted by Crippen LogP contribution is 2.09. The third kappa shape index (κ3) is 5.35. The molecule has 0 aromatic heterocycles. The third-order valence-corrected chi connectivity index (χ3v) is 3.24. The molecule has 0 radical (unpaired) electrons. The Morgan fingerprint density at radius 3 is 1.88 bits per heavy atom. The van der Waals surface area contributed by atoms with E-state index in [1.54, 1.807) is 67.6 Å². The van der Waals surface area contributed by atoms with Crippen molar-refractivity contribution >= 4 is 17.9 Å². The zero-order chi connectivity index (χ0) is 17.4. The predicted molar refractivity (Wildman–Crippen MR) is 87.4 cm³/mol. The molecular weight excluding hydrogens is 308 g/mol. The van der Waals surface area contributed by atoms with Gasteiger partial charge in [-0.3, -0.25) is 4.79 Å². The van der Waals surface area contributed by atoms with Crippen molar-refractivity contribution in [1.82, 2.24) is 0 Å². The Morgan fingerprint density at radius 2 is 1.33 bits per heavy atom. The van der Waals surface area contributed by atoms with E-state index in [0.29, 0.717) is 11.1 Å². The zero-order valence-electron chi connectivity index (χ0n) is 13.3. The van der Waals surface area contributed by atoms with Gasteiger partial charge in [0.1, 0.15) is 0 Å². The van der Waals surface area contributed by atoms with Gasteiger partial charge in [0.15, 0.2) is 0 Å². The van der Waals surface area contributed by atoms with Gasteiger partial charge in [0.2, 0.25) is 0 Å². The summed E-state index contributed by atoms with van der Waals surface area (Å²) in [6.07, 6.45) is -0.0133. The van der Waals surface area contributed by atoms with E-state index in [9.17, 15) is 14.4 Å². The Hall–Kier alpha value is -2.95. The Bertz CT molecular complexity index is 694. The molecule has 24 heavy (non-hydrogen) atoms. The van der Waals surface area contributed by atoms with Gasteiger partial charge < -0.3 is 9.47 Å². The molecule has 0 amide bonds. The molecule has 2 aromatic rings. The lowest BCUT2D eigenvalue weighted by Crippen LogP contribution is -2.19. The van der Waals surface area contributed by atoms with Crippen LogP contribution in [-0.4, -0.2) is 24.5 Å². The van der Waals surface area contributed by atoms with Crippen LogP contribution >= 0.6 is 0 Å². The summed E-state index contributed by atoms with van der Waals surface area (Å²) in [5, 5.41) is 0. The van der Waals surface area contributed by atoms with E-state index in [-0.39, 0.29) is 18.9 Å². The topological polar surface area (TPSA) is 69.7 Å². The highest BCUT2D eigenvalue weighted by molar-refractivity contribution is 5.96. The van der Waals surface area contributed by atoms with E-state index in [0.717, 1.165) is 0 Å². The number of ether oxygens (including phenoxy) is 2. The molecular formula is C19H18O5. The van der Waals surface area contributed by atoms with Crippen molar-refractivity contribution in [3.63, 3.8) is 0 Å². The highest BCUT2D eigenvalue weighted by atomic mass is 16.6. The van der Waals surface area contributed by atoms with Gasteiger partial charge in [-0.25, -0.2) is 9.59 Å². The summed E-state index contributed by atoms with van der Waals surface area (Å²) in [5.74, 6) is -2.04. The Kier molecular flexibility index (Phi) is 6.25. The van der Waals surface area contributed by atoms with E-state index in [4.69, 9.17) is 9.47 Å². The molecule has 124 valence electrons. The fourth-order valence-corrected chi connectivity index (χ4v) is 2.00. The summed E-state index contributed by atoms with van der Waals surface area (Å²) in [6, 6.07) is 16.9. The van der Waals surface area contributed by atoms with Crippen LogP contribution in [0.5, 0.6) is 0 Å². The quantitative estimate of drug-likeness (QED) is 0.602. The van der Waals surface area contributed by atoms with Gasteiger partial charge in [0.25, 0.3) is 0 Å². The monoisotopic (exact) mass is 326 g/mol. The van der Waals surface area contributed by atoms with E-state index >= 15 is 0 Å². The van der Waals surface area contributed by atoms with Crippen molar-refractivity contribution in [3.8, 4) is 0 Å². The van der Waals surface area contributed by atoms with Crippen molar-refractivity contribution in [3.05, 3.63) is 71.8 Å². The molecule has 2 aromatic carbocycles. The smallest absolute Gasteiger partial charge is 0.345 e. The second kappa shape index (κ2) is 8.62. The standard InChI is InChI=1S/C19H18O5/c1-14(13-23-18(21)15-8-4-2-5-9-15)12-17(20)24-19(22)16-10-6-3-7-11-16/h2-11,14H,12-13H2,1H3. The minimum Gasteiger partial charge on any atom is -0.462 e. The maximum Gasteiger partial charge on any atom is 0.345 e. The maximum absolute atomic E-state index is 11.8. The second-order valence-electron chi connectivity index (χ2n) is 5.40. The molecule has 0 fully saturated rings. The average molecular weight is 326 g/mol. The fourth-order valence-electron chi connectivity index (χ4n) is 2.00. The van der Waals surface area contributed by atoms with E-state index in [1.807, 2.05) is 0 Å². The van der Waals surface area contributed by atoms with Crippen LogP contribution in [-0.2, 0) is 14.3 Å². The summed E-state index contributed by atoms with van der Waals surface area (Å²) in [4.78, 5) is 35.3. The van der Waals surface area contributed by atoms with Gasteiger partial charge >= 0.3 is 17.9 Å². The van der Waals surface area contributed by atoms with Gasteiger partial charge in [0.05, 0.1) is 24.2 Å². The van der Waals surface area contributed by atoms with Crippen LogP contribution in [0, 0.1) is 5.92 Å². The first-order chi connectivity index (χ1) is 11.6. The zero-order valence-corrected chi connectivity index (χ0v) is 13.3. The minimum atomic E-state index is -0.686. The van der Waals surface area contributed by atoms with Crippen LogP contribution in [0.4, 0.5) is 0 Å². The third-order valence-electron chi connectivity index (χ3n) is 3.24. The van der Waals surface area contributed by atoms with Gasteiger partial charge in [-0.15, -0.1) is 0 Å². The number of carbonyl (C=O) groups excluding carboxylic acids is 3. The first-order valence-corrected chi connectivity index (χ1v) is 7.58. The lowest BCUT2D eigenvalue weighted by Gasteiger charge is -2.11. The molecule has 0 saturated heterocycles. The molecule has 0 aliphatic carbocycles. The van der Waals surface area contributed by atoms with Crippen molar-refractivity contribution in [1.29, 1.82) is 0 Å². The Morgan fingerprint density at radius 1 is 0.833 bits per heavy atom. The van der Waals surface area contributed by atoms with Crippen molar-refractivity contribution in [2.45, 2.75) is 13.3 Å². The number of esters is 3. The summed E-state index contributed by atoms with van der Waals surface area (Å²) < 4.78 is 9.93. The fraction of sp³-hybridized carbons (Fsp3) is 0.211. The molecule has 0 bridgehead atoms. The first-order valence-electron chi connectivity index (χ1n) is 7.58. The predicted octanol–water partition coefficient (Wildman–Crippen LogP) is 3.25. The van der Waals surface area contributed by atoms with E-state index in [1.165, 1.54) is 0 Å². The average Bonchev–Trinajstić information content (AvgIpc) is 2.61. The van der Waals surface area contributed by atoms with Crippen LogP contribution < -0.4 is 0 Å². The van der Waals surface area contributed by atoms with Gasteiger partial charge in [-0.1, -0.05) is 43.3 Å². The maximum atomic E-state index is 11.8. The summed E-state index contributed by atoms with van der Waals surface area (Å²) in [7, 11) is 0. The van der Waals surface area contributed by atoms with Gasteiger partial charge in [-0.2, -0.15) is 0 Å². The number of carbonyl (C=O) groups is 3. The molecule has 1 atom stereocenters. The summed E-state index contributed by atoms with van der Waals surface area (Å²) in [5.41, 5.74) is 0.764. The lowest BCUT2D eigenvalue weighted by molar-refractivity contribution is -0.139. The SMILES string of the molecule is CC(COC(=O)c1ccccc1)CC(=O)OC(=O)c1ccccc1. The molecule has 0 aliphatic rings. The number of benzene rings is 2. The summed E-state index contributed by atoms with van der Waals surface area (Å²) in [6.45, 7) is 1.81.